The summed E-state index contributed by atoms with van der Waals surface area (Å²) in [5.41, 5.74) is 0.654. The van der Waals surface area contributed by atoms with Crippen LogP contribution in [0.2, 0.25) is 0 Å². The molecule has 1 heterocycles. The first-order valence-corrected chi connectivity index (χ1v) is 5.37. The molecule has 0 aliphatic carbocycles. The van der Waals surface area contributed by atoms with Crippen LogP contribution in [0.4, 0.5) is 4.39 Å². The molecular formula is C9H7BrFN3S. The summed E-state index contributed by atoms with van der Waals surface area (Å²) in [6.45, 7) is 0. The van der Waals surface area contributed by atoms with Gasteiger partial charge >= 0.3 is 0 Å². The van der Waals surface area contributed by atoms with Gasteiger partial charge in [0.1, 0.15) is 5.82 Å². The number of aryl methyl sites for hydroxylation is 1. The lowest BCUT2D eigenvalue weighted by Crippen LogP contribution is -1.90. The Kier molecular flexibility index (Phi) is 2.70. The number of halogens is 2. The average Bonchev–Trinajstić information content (AvgIpc) is 2.51. The number of hydrogen-bond acceptors (Lipinski definition) is 2. The van der Waals surface area contributed by atoms with Crippen molar-refractivity contribution in [3.63, 3.8) is 0 Å². The first-order valence-electron chi connectivity index (χ1n) is 4.17. The van der Waals surface area contributed by atoms with Crippen molar-refractivity contribution >= 4 is 28.1 Å². The van der Waals surface area contributed by atoms with Crippen LogP contribution in [0, 0.1) is 10.6 Å². The Morgan fingerprint density at radius 3 is 2.87 bits per heavy atom. The van der Waals surface area contributed by atoms with Gasteiger partial charge in [-0.05, 0) is 40.3 Å². The Bertz CT molecular complexity index is 561. The summed E-state index contributed by atoms with van der Waals surface area (Å²) in [7, 11) is 1.76. The molecule has 15 heavy (non-hydrogen) atoms. The zero-order chi connectivity index (χ0) is 11.0. The summed E-state index contributed by atoms with van der Waals surface area (Å²) < 4.78 is 15.7. The summed E-state index contributed by atoms with van der Waals surface area (Å²) in [6.07, 6.45) is 0. The topological polar surface area (TPSA) is 33.6 Å². The summed E-state index contributed by atoms with van der Waals surface area (Å²) >= 11 is 8.13. The molecule has 2 aromatic rings. The standard InChI is InChI=1S/C9H7BrFN3S/c1-14-9(15)12-8(13-14)5-3-2-4-6(11)7(5)10/h2-4H,1H3,(H,12,13,15). The fourth-order valence-electron chi connectivity index (χ4n) is 1.21. The molecule has 0 atom stereocenters. The van der Waals surface area contributed by atoms with Crippen molar-refractivity contribution in [3.8, 4) is 11.4 Å². The molecule has 0 aliphatic rings. The molecule has 0 radical (unpaired) electrons. The van der Waals surface area contributed by atoms with E-state index in [1.165, 1.54) is 6.07 Å². The van der Waals surface area contributed by atoms with Crippen LogP contribution in [0.1, 0.15) is 0 Å². The van der Waals surface area contributed by atoms with Crippen molar-refractivity contribution in [1.82, 2.24) is 14.8 Å². The highest BCUT2D eigenvalue weighted by Crippen LogP contribution is 2.27. The fraction of sp³-hybridized carbons (Fsp3) is 0.111. The summed E-state index contributed by atoms with van der Waals surface area (Å²) in [4.78, 5) is 4.11. The summed E-state index contributed by atoms with van der Waals surface area (Å²) in [5.74, 6) is 0.228. The Balaban J connectivity index is 2.64. The molecular weight excluding hydrogens is 281 g/mol. The van der Waals surface area contributed by atoms with Crippen molar-refractivity contribution in [2.24, 2.45) is 7.05 Å². The van der Waals surface area contributed by atoms with Crippen LogP contribution in [0.3, 0.4) is 0 Å². The lowest BCUT2D eigenvalue weighted by molar-refractivity contribution is 0.621. The number of benzene rings is 1. The zero-order valence-electron chi connectivity index (χ0n) is 7.79. The normalized spacial score (nSPS) is 10.6. The van der Waals surface area contributed by atoms with Gasteiger partial charge in [-0.3, -0.25) is 9.78 Å². The van der Waals surface area contributed by atoms with E-state index >= 15 is 0 Å². The van der Waals surface area contributed by atoms with Crippen LogP contribution < -0.4 is 0 Å². The SMILES string of the molecule is Cn1[nH]c(-c2cccc(F)c2Br)nc1=S. The second-order valence-electron chi connectivity index (χ2n) is 3.02. The quantitative estimate of drug-likeness (QED) is 0.818. The molecule has 6 heteroatoms. The highest BCUT2D eigenvalue weighted by molar-refractivity contribution is 9.10. The average molecular weight is 288 g/mol. The molecule has 0 spiro atoms. The molecule has 0 aliphatic heterocycles. The number of aromatic amines is 1. The molecule has 1 aromatic heterocycles. The van der Waals surface area contributed by atoms with E-state index in [4.69, 9.17) is 12.2 Å². The maximum Gasteiger partial charge on any atom is 0.216 e. The van der Waals surface area contributed by atoms with Gasteiger partial charge in [0, 0.05) is 12.6 Å². The second kappa shape index (κ2) is 3.86. The Morgan fingerprint density at radius 1 is 1.53 bits per heavy atom. The van der Waals surface area contributed by atoms with E-state index in [9.17, 15) is 4.39 Å². The molecule has 3 nitrogen and oxygen atoms in total. The van der Waals surface area contributed by atoms with Crippen LogP contribution >= 0.6 is 28.1 Å². The molecule has 0 bridgehead atoms. The maximum atomic E-state index is 13.3. The fourth-order valence-corrected chi connectivity index (χ4v) is 1.80. The lowest BCUT2D eigenvalue weighted by atomic mass is 10.2. The van der Waals surface area contributed by atoms with Crippen molar-refractivity contribution in [1.29, 1.82) is 0 Å². The van der Waals surface area contributed by atoms with Gasteiger partial charge in [0.25, 0.3) is 0 Å². The van der Waals surface area contributed by atoms with Gasteiger partial charge in [-0.25, -0.2) is 4.39 Å². The summed E-state index contributed by atoms with van der Waals surface area (Å²) in [6, 6.07) is 4.77. The number of nitrogens with one attached hydrogen (secondary N) is 1. The number of rotatable bonds is 1. The summed E-state index contributed by atoms with van der Waals surface area (Å²) in [5, 5.41) is 2.93. The minimum absolute atomic E-state index is 0.322. The Morgan fingerprint density at radius 2 is 2.27 bits per heavy atom. The lowest BCUT2D eigenvalue weighted by Gasteiger charge is -2.00. The van der Waals surface area contributed by atoms with E-state index in [0.29, 0.717) is 20.6 Å². The van der Waals surface area contributed by atoms with Crippen LogP contribution in [-0.2, 0) is 7.05 Å². The van der Waals surface area contributed by atoms with E-state index < -0.39 is 0 Å². The number of nitrogens with zero attached hydrogens (tertiary/aromatic N) is 2. The molecule has 2 rings (SSSR count). The first-order chi connectivity index (χ1) is 7.09. The number of aromatic nitrogens is 3. The van der Waals surface area contributed by atoms with E-state index in [1.54, 1.807) is 23.9 Å². The predicted octanol–water partition coefficient (Wildman–Crippen LogP) is 3.05. The van der Waals surface area contributed by atoms with E-state index in [2.05, 4.69) is 26.0 Å². The molecule has 1 N–H and O–H groups in total. The van der Waals surface area contributed by atoms with Crippen LogP contribution in [0.15, 0.2) is 22.7 Å². The van der Waals surface area contributed by atoms with Crippen LogP contribution in [0.5, 0.6) is 0 Å². The maximum absolute atomic E-state index is 13.3. The number of H-pyrrole nitrogens is 1. The highest BCUT2D eigenvalue weighted by Gasteiger charge is 2.10. The second-order valence-corrected chi connectivity index (χ2v) is 4.17. The monoisotopic (exact) mass is 287 g/mol. The van der Waals surface area contributed by atoms with Gasteiger partial charge in [0.15, 0.2) is 5.82 Å². The van der Waals surface area contributed by atoms with Gasteiger partial charge in [-0.15, -0.1) is 0 Å². The van der Waals surface area contributed by atoms with Crippen LogP contribution in [-0.4, -0.2) is 14.8 Å². The predicted molar refractivity (Wildman–Crippen MR) is 61.5 cm³/mol. The number of hydrogen-bond donors (Lipinski definition) is 1. The van der Waals surface area contributed by atoms with Gasteiger partial charge < -0.3 is 0 Å². The Hall–Kier alpha value is -1.01. The van der Waals surface area contributed by atoms with Gasteiger partial charge in [0.2, 0.25) is 4.77 Å². The van der Waals surface area contributed by atoms with Crippen molar-refractivity contribution in [2.75, 3.05) is 0 Å². The molecule has 0 saturated carbocycles. The third-order valence-corrected chi connectivity index (χ3v) is 3.15. The minimum Gasteiger partial charge on any atom is -0.279 e. The van der Waals surface area contributed by atoms with E-state index in [-0.39, 0.29) is 5.82 Å². The molecule has 0 saturated heterocycles. The largest absolute Gasteiger partial charge is 0.279 e. The van der Waals surface area contributed by atoms with Crippen LogP contribution in [0.25, 0.3) is 11.4 Å². The third kappa shape index (κ3) is 1.87. The molecule has 0 fully saturated rings. The first kappa shape index (κ1) is 10.5. The molecule has 0 unspecified atom stereocenters. The van der Waals surface area contributed by atoms with Crippen molar-refractivity contribution in [2.45, 2.75) is 0 Å². The zero-order valence-corrected chi connectivity index (χ0v) is 10.2. The van der Waals surface area contributed by atoms with Gasteiger partial charge in [0.05, 0.1) is 4.47 Å². The van der Waals surface area contributed by atoms with E-state index in [0.717, 1.165) is 0 Å². The van der Waals surface area contributed by atoms with Gasteiger partial charge in [-0.1, -0.05) is 6.07 Å². The highest BCUT2D eigenvalue weighted by atomic mass is 79.9. The van der Waals surface area contributed by atoms with Crippen molar-refractivity contribution < 1.29 is 4.39 Å². The Labute approximate surface area is 99.1 Å². The van der Waals surface area contributed by atoms with E-state index in [1.807, 2.05) is 0 Å². The smallest absolute Gasteiger partial charge is 0.216 e. The minimum atomic E-state index is -0.322. The van der Waals surface area contributed by atoms with Gasteiger partial charge in [-0.2, -0.15) is 4.98 Å². The molecule has 1 aromatic carbocycles. The molecule has 78 valence electrons. The third-order valence-electron chi connectivity index (χ3n) is 1.97. The van der Waals surface area contributed by atoms with Crippen molar-refractivity contribution in [3.05, 3.63) is 33.3 Å². The molecule has 0 amide bonds.